The molecule has 1 aromatic heterocycles. The van der Waals surface area contributed by atoms with Crippen molar-refractivity contribution in [3.8, 4) is 0 Å². The van der Waals surface area contributed by atoms with Crippen molar-refractivity contribution >= 4 is 23.4 Å². The number of rotatable bonds is 1. The highest BCUT2D eigenvalue weighted by Gasteiger charge is 2.13. The van der Waals surface area contributed by atoms with Crippen molar-refractivity contribution in [2.45, 2.75) is 6.54 Å². The van der Waals surface area contributed by atoms with Gasteiger partial charge in [-0.15, -0.1) is 0 Å². The molecule has 14 heavy (non-hydrogen) atoms. The van der Waals surface area contributed by atoms with Crippen LogP contribution in [0, 0.1) is 0 Å². The summed E-state index contributed by atoms with van der Waals surface area (Å²) in [7, 11) is 0. The zero-order valence-corrected chi connectivity index (χ0v) is 7.47. The number of hydrogen-bond donors (Lipinski definition) is 0. The van der Waals surface area contributed by atoms with Crippen molar-refractivity contribution < 1.29 is 4.79 Å². The van der Waals surface area contributed by atoms with Crippen molar-refractivity contribution in [1.29, 1.82) is 0 Å². The number of para-hydroxylation sites is 1. The average molecular weight is 184 g/mol. The second-order valence-electron chi connectivity index (χ2n) is 3.32. The zero-order valence-electron chi connectivity index (χ0n) is 7.47. The molecule has 0 saturated carbocycles. The van der Waals surface area contributed by atoms with Crippen LogP contribution >= 0.6 is 0 Å². The Morgan fingerprint density at radius 2 is 2.36 bits per heavy atom. The monoisotopic (exact) mass is 184 g/mol. The summed E-state index contributed by atoms with van der Waals surface area (Å²) in [6.45, 7) is 0.738. The highest BCUT2D eigenvalue weighted by molar-refractivity contribution is 5.90. The Morgan fingerprint density at radius 1 is 1.43 bits per heavy atom. The Kier molecular flexibility index (Phi) is 1.36. The molecule has 1 aliphatic heterocycles. The van der Waals surface area contributed by atoms with Crippen LogP contribution in [0.4, 0.5) is 0 Å². The Bertz CT molecular complexity index is 552. The fourth-order valence-electron chi connectivity index (χ4n) is 1.93. The molecule has 3 rings (SSSR count). The molecular weight excluding hydrogens is 176 g/mol. The minimum Gasteiger partial charge on any atom is -0.317 e. The largest absolute Gasteiger partial charge is 0.317 e. The molecule has 0 aliphatic carbocycles. The number of carbonyl (C=O) groups is 1. The number of benzene rings is 1. The third-order valence-electron chi connectivity index (χ3n) is 2.52. The molecule has 0 amide bonds. The number of nitrogens with zero attached hydrogens (tertiary/aromatic N) is 2. The SMILES string of the molecule is O=Cc1nc2cccc3c2n1CC=C3. The van der Waals surface area contributed by atoms with Gasteiger partial charge in [-0.3, -0.25) is 4.79 Å². The molecule has 3 nitrogen and oxygen atoms in total. The normalized spacial score (nSPS) is 13.4. The van der Waals surface area contributed by atoms with Crippen LogP contribution in [0.5, 0.6) is 0 Å². The van der Waals surface area contributed by atoms with Gasteiger partial charge < -0.3 is 4.57 Å². The Balaban J connectivity index is 2.52. The second kappa shape index (κ2) is 2.54. The van der Waals surface area contributed by atoms with Crippen LogP contribution in [-0.2, 0) is 6.54 Å². The van der Waals surface area contributed by atoms with Gasteiger partial charge >= 0.3 is 0 Å². The van der Waals surface area contributed by atoms with Crippen molar-refractivity contribution in [1.82, 2.24) is 9.55 Å². The third kappa shape index (κ3) is 0.812. The highest BCUT2D eigenvalue weighted by Crippen LogP contribution is 2.24. The fourth-order valence-corrected chi connectivity index (χ4v) is 1.93. The predicted molar refractivity (Wildman–Crippen MR) is 54.2 cm³/mol. The number of allylic oxidation sites excluding steroid dienone is 1. The van der Waals surface area contributed by atoms with Crippen molar-refractivity contribution in [2.24, 2.45) is 0 Å². The van der Waals surface area contributed by atoms with Gasteiger partial charge in [0.2, 0.25) is 0 Å². The van der Waals surface area contributed by atoms with E-state index < -0.39 is 0 Å². The van der Waals surface area contributed by atoms with E-state index in [-0.39, 0.29) is 0 Å². The van der Waals surface area contributed by atoms with E-state index in [2.05, 4.69) is 11.1 Å². The zero-order chi connectivity index (χ0) is 9.54. The molecule has 0 radical (unpaired) electrons. The Morgan fingerprint density at radius 3 is 3.21 bits per heavy atom. The molecule has 0 spiro atoms. The molecule has 0 bridgehead atoms. The Labute approximate surface area is 80.7 Å². The maximum Gasteiger partial charge on any atom is 0.185 e. The standard InChI is InChI=1S/C11H8N2O/c14-7-10-12-9-5-1-3-8-4-2-6-13(10)11(8)9/h1-5,7H,6H2. The van der Waals surface area contributed by atoms with Crippen LogP contribution in [0.2, 0.25) is 0 Å². The molecule has 2 aromatic rings. The van der Waals surface area contributed by atoms with Gasteiger partial charge in [0, 0.05) is 12.1 Å². The average Bonchev–Trinajstić information content (AvgIpc) is 2.60. The molecule has 0 atom stereocenters. The first-order chi connectivity index (χ1) is 6.90. The van der Waals surface area contributed by atoms with E-state index in [9.17, 15) is 4.79 Å². The predicted octanol–water partition coefficient (Wildman–Crippen LogP) is 1.88. The lowest BCUT2D eigenvalue weighted by Gasteiger charge is -2.09. The molecule has 2 heterocycles. The van der Waals surface area contributed by atoms with Gasteiger partial charge in [0.15, 0.2) is 12.1 Å². The second-order valence-corrected chi connectivity index (χ2v) is 3.32. The first-order valence-corrected chi connectivity index (χ1v) is 4.51. The first-order valence-electron chi connectivity index (χ1n) is 4.51. The van der Waals surface area contributed by atoms with E-state index in [1.807, 2.05) is 28.8 Å². The summed E-state index contributed by atoms with van der Waals surface area (Å²) in [4.78, 5) is 15.0. The molecule has 3 heteroatoms. The molecule has 0 N–H and O–H groups in total. The van der Waals surface area contributed by atoms with Crippen LogP contribution in [0.3, 0.4) is 0 Å². The molecule has 1 aromatic carbocycles. The van der Waals surface area contributed by atoms with Crippen LogP contribution in [0.25, 0.3) is 17.1 Å². The van der Waals surface area contributed by atoms with E-state index in [0.29, 0.717) is 5.82 Å². The smallest absolute Gasteiger partial charge is 0.185 e. The molecule has 68 valence electrons. The van der Waals surface area contributed by atoms with Crippen LogP contribution in [-0.4, -0.2) is 15.8 Å². The molecule has 1 aliphatic rings. The number of imidazole rings is 1. The summed E-state index contributed by atoms with van der Waals surface area (Å²) in [6, 6.07) is 5.92. The van der Waals surface area contributed by atoms with Crippen LogP contribution in [0.1, 0.15) is 16.2 Å². The number of carbonyl (C=O) groups excluding carboxylic acids is 1. The Hall–Kier alpha value is -1.90. The lowest BCUT2D eigenvalue weighted by atomic mass is 10.1. The van der Waals surface area contributed by atoms with Gasteiger partial charge in [0.05, 0.1) is 11.0 Å². The van der Waals surface area contributed by atoms with Gasteiger partial charge in [0.25, 0.3) is 0 Å². The number of hydrogen-bond acceptors (Lipinski definition) is 2. The molecule has 0 fully saturated rings. The third-order valence-corrected chi connectivity index (χ3v) is 2.52. The minimum absolute atomic E-state index is 0.511. The van der Waals surface area contributed by atoms with Gasteiger partial charge in [-0.2, -0.15) is 0 Å². The van der Waals surface area contributed by atoms with Crippen LogP contribution in [0.15, 0.2) is 24.3 Å². The summed E-state index contributed by atoms with van der Waals surface area (Å²) in [5.41, 5.74) is 3.10. The summed E-state index contributed by atoms with van der Waals surface area (Å²) in [5, 5.41) is 0. The van der Waals surface area contributed by atoms with E-state index in [4.69, 9.17) is 0 Å². The van der Waals surface area contributed by atoms with Gasteiger partial charge in [-0.1, -0.05) is 24.3 Å². The fraction of sp³-hybridized carbons (Fsp3) is 0.0909. The lowest BCUT2D eigenvalue weighted by Crippen LogP contribution is -2.04. The summed E-state index contributed by atoms with van der Waals surface area (Å²) >= 11 is 0. The molecular formula is C11H8N2O. The summed E-state index contributed by atoms with van der Waals surface area (Å²) in [5.74, 6) is 0.511. The lowest BCUT2D eigenvalue weighted by molar-refractivity contribution is 0.111. The highest BCUT2D eigenvalue weighted by atomic mass is 16.1. The first kappa shape index (κ1) is 7.50. The minimum atomic E-state index is 0.511. The van der Waals surface area contributed by atoms with Gasteiger partial charge in [-0.25, -0.2) is 4.98 Å². The summed E-state index contributed by atoms with van der Waals surface area (Å²) in [6.07, 6.45) is 4.91. The van der Waals surface area contributed by atoms with Gasteiger partial charge in [0.1, 0.15) is 0 Å². The van der Waals surface area contributed by atoms with E-state index >= 15 is 0 Å². The van der Waals surface area contributed by atoms with Crippen molar-refractivity contribution in [3.63, 3.8) is 0 Å². The van der Waals surface area contributed by atoms with Crippen molar-refractivity contribution in [2.75, 3.05) is 0 Å². The summed E-state index contributed by atoms with van der Waals surface area (Å²) < 4.78 is 1.94. The number of aldehydes is 1. The quantitative estimate of drug-likeness (QED) is 0.634. The van der Waals surface area contributed by atoms with E-state index in [0.717, 1.165) is 29.4 Å². The van der Waals surface area contributed by atoms with E-state index in [1.165, 1.54) is 0 Å². The van der Waals surface area contributed by atoms with Crippen molar-refractivity contribution in [3.05, 3.63) is 35.7 Å². The number of aromatic nitrogens is 2. The van der Waals surface area contributed by atoms with E-state index in [1.54, 1.807) is 0 Å². The maximum atomic E-state index is 10.8. The van der Waals surface area contributed by atoms with Gasteiger partial charge in [-0.05, 0) is 6.07 Å². The maximum absolute atomic E-state index is 10.8. The topological polar surface area (TPSA) is 34.9 Å². The molecule has 0 saturated heterocycles. The molecule has 0 unspecified atom stereocenters. The van der Waals surface area contributed by atoms with Crippen LogP contribution < -0.4 is 0 Å².